The Balaban J connectivity index is 1.95. The lowest BCUT2D eigenvalue weighted by Gasteiger charge is -2.34. The summed E-state index contributed by atoms with van der Waals surface area (Å²) in [6, 6.07) is 12.1. The van der Waals surface area contributed by atoms with Crippen molar-refractivity contribution in [3.05, 3.63) is 59.2 Å². The van der Waals surface area contributed by atoms with Crippen molar-refractivity contribution in [2.24, 2.45) is 0 Å². The SMILES string of the molecule is CC[C@@H](C(=O)NC1CCCCC1)N(Cc1cccc(OC)c1)C(=O)CN(c1ccc(C)cc1C)S(C)(=O)=O. The van der Waals surface area contributed by atoms with Gasteiger partial charge in [0.2, 0.25) is 21.8 Å². The first-order valence-corrected chi connectivity index (χ1v) is 15.2. The Morgan fingerprint density at radius 1 is 1.08 bits per heavy atom. The number of ether oxygens (including phenoxy) is 1. The molecule has 0 unspecified atom stereocenters. The molecule has 208 valence electrons. The molecular formula is C29H41N3O5S. The van der Waals surface area contributed by atoms with E-state index in [-0.39, 0.29) is 18.5 Å². The van der Waals surface area contributed by atoms with E-state index in [2.05, 4.69) is 5.32 Å². The Hall–Kier alpha value is -3.07. The molecule has 9 heteroatoms. The highest BCUT2D eigenvalue weighted by Gasteiger charge is 2.33. The van der Waals surface area contributed by atoms with Gasteiger partial charge in [0.1, 0.15) is 18.3 Å². The van der Waals surface area contributed by atoms with Gasteiger partial charge in [-0.2, -0.15) is 0 Å². The van der Waals surface area contributed by atoms with Crippen molar-refractivity contribution in [1.29, 1.82) is 0 Å². The van der Waals surface area contributed by atoms with Gasteiger partial charge in [-0.15, -0.1) is 0 Å². The van der Waals surface area contributed by atoms with Crippen molar-refractivity contribution in [3.63, 3.8) is 0 Å². The molecule has 1 aliphatic rings. The molecule has 0 spiro atoms. The Labute approximate surface area is 227 Å². The number of hydrogen-bond acceptors (Lipinski definition) is 5. The van der Waals surface area contributed by atoms with Crippen LogP contribution in [0.4, 0.5) is 5.69 Å². The van der Waals surface area contributed by atoms with E-state index >= 15 is 0 Å². The first-order valence-electron chi connectivity index (χ1n) is 13.3. The Bertz CT molecular complexity index is 1220. The molecule has 2 amide bonds. The van der Waals surface area contributed by atoms with Crippen LogP contribution in [0.3, 0.4) is 0 Å². The zero-order valence-electron chi connectivity index (χ0n) is 23.2. The molecule has 0 bridgehead atoms. The van der Waals surface area contributed by atoms with E-state index < -0.39 is 28.5 Å². The van der Waals surface area contributed by atoms with Crippen molar-refractivity contribution in [2.45, 2.75) is 77.9 Å². The van der Waals surface area contributed by atoms with Gasteiger partial charge >= 0.3 is 0 Å². The van der Waals surface area contributed by atoms with Crippen LogP contribution in [0.5, 0.6) is 5.75 Å². The van der Waals surface area contributed by atoms with Gasteiger partial charge in [0.15, 0.2) is 0 Å². The van der Waals surface area contributed by atoms with Gasteiger partial charge in [0, 0.05) is 12.6 Å². The van der Waals surface area contributed by atoms with Gasteiger partial charge in [-0.3, -0.25) is 13.9 Å². The first kappa shape index (κ1) is 29.5. The van der Waals surface area contributed by atoms with E-state index in [1.165, 1.54) is 11.3 Å². The third-order valence-electron chi connectivity index (χ3n) is 7.12. The van der Waals surface area contributed by atoms with Gasteiger partial charge in [-0.25, -0.2) is 8.42 Å². The lowest BCUT2D eigenvalue weighted by atomic mass is 9.95. The fraction of sp³-hybridized carbons (Fsp3) is 0.517. The van der Waals surface area contributed by atoms with Crippen LogP contribution in [0.25, 0.3) is 0 Å². The zero-order chi connectivity index (χ0) is 27.9. The number of benzene rings is 2. The van der Waals surface area contributed by atoms with E-state index in [0.717, 1.165) is 52.9 Å². The fourth-order valence-corrected chi connectivity index (χ4v) is 6.02. The molecule has 3 rings (SSSR count). The summed E-state index contributed by atoms with van der Waals surface area (Å²) in [5, 5.41) is 3.15. The fourth-order valence-electron chi connectivity index (χ4n) is 5.11. The largest absolute Gasteiger partial charge is 0.497 e. The maximum atomic E-state index is 13.9. The number of hydrogen-bond donors (Lipinski definition) is 1. The molecule has 0 aromatic heterocycles. The lowest BCUT2D eigenvalue weighted by Crippen LogP contribution is -2.54. The Kier molecular flexibility index (Phi) is 10.2. The predicted molar refractivity (Wildman–Crippen MR) is 151 cm³/mol. The molecule has 0 radical (unpaired) electrons. The lowest BCUT2D eigenvalue weighted by molar-refractivity contribution is -0.140. The second-order valence-corrected chi connectivity index (χ2v) is 12.1. The van der Waals surface area contributed by atoms with Gasteiger partial charge in [0.05, 0.1) is 19.1 Å². The number of amides is 2. The molecule has 0 aliphatic heterocycles. The number of sulfonamides is 1. The third kappa shape index (κ3) is 7.72. The number of carbonyl (C=O) groups excluding carboxylic acids is 2. The summed E-state index contributed by atoms with van der Waals surface area (Å²) >= 11 is 0. The molecule has 8 nitrogen and oxygen atoms in total. The maximum Gasteiger partial charge on any atom is 0.244 e. The number of carbonyl (C=O) groups is 2. The number of nitrogens with zero attached hydrogens (tertiary/aromatic N) is 2. The molecular weight excluding hydrogens is 502 g/mol. The molecule has 1 saturated carbocycles. The molecule has 1 N–H and O–H groups in total. The highest BCUT2D eigenvalue weighted by atomic mass is 32.2. The summed E-state index contributed by atoms with van der Waals surface area (Å²) in [5.41, 5.74) is 2.99. The van der Waals surface area contributed by atoms with Crippen LogP contribution >= 0.6 is 0 Å². The van der Waals surface area contributed by atoms with Gasteiger partial charge in [-0.05, 0) is 62.4 Å². The second-order valence-electron chi connectivity index (χ2n) is 10.2. The second kappa shape index (κ2) is 13.1. The molecule has 1 atom stereocenters. The highest BCUT2D eigenvalue weighted by molar-refractivity contribution is 7.92. The standard InChI is InChI=1S/C29H41N3O5S/c1-6-26(29(34)30-24-12-8-7-9-13-24)31(19-23-11-10-14-25(18-23)37-4)28(33)20-32(38(5,35)36)27-16-15-21(2)17-22(27)3/h10-11,14-18,24,26H,6-9,12-13,19-20H2,1-5H3,(H,30,34)/t26-/m0/s1. The molecule has 2 aromatic carbocycles. The first-order chi connectivity index (χ1) is 18.0. The number of anilines is 1. The van der Waals surface area contributed by atoms with E-state index in [9.17, 15) is 18.0 Å². The monoisotopic (exact) mass is 543 g/mol. The summed E-state index contributed by atoms with van der Waals surface area (Å²) in [6.07, 6.45) is 6.68. The minimum atomic E-state index is -3.78. The summed E-state index contributed by atoms with van der Waals surface area (Å²) in [7, 11) is -2.20. The summed E-state index contributed by atoms with van der Waals surface area (Å²) < 4.78 is 32.2. The summed E-state index contributed by atoms with van der Waals surface area (Å²) in [4.78, 5) is 28.9. The quantitative estimate of drug-likeness (QED) is 0.455. The maximum absolute atomic E-state index is 13.9. The van der Waals surface area contributed by atoms with Crippen LogP contribution in [0.15, 0.2) is 42.5 Å². The van der Waals surface area contributed by atoms with E-state index in [0.29, 0.717) is 17.9 Å². The molecule has 1 fully saturated rings. The Morgan fingerprint density at radius 2 is 1.79 bits per heavy atom. The van der Waals surface area contributed by atoms with E-state index in [4.69, 9.17) is 4.74 Å². The predicted octanol–water partition coefficient (Wildman–Crippen LogP) is 4.33. The number of methoxy groups -OCH3 is 1. The summed E-state index contributed by atoms with van der Waals surface area (Å²) in [6.45, 7) is 5.37. The van der Waals surface area contributed by atoms with Gasteiger partial charge in [0.25, 0.3) is 0 Å². The van der Waals surface area contributed by atoms with Crippen molar-refractivity contribution in [2.75, 3.05) is 24.2 Å². The van der Waals surface area contributed by atoms with Crippen molar-refractivity contribution in [1.82, 2.24) is 10.2 Å². The minimum absolute atomic E-state index is 0.0989. The van der Waals surface area contributed by atoms with Crippen LogP contribution in [0, 0.1) is 13.8 Å². The smallest absolute Gasteiger partial charge is 0.244 e. The average Bonchev–Trinajstić information content (AvgIpc) is 2.87. The van der Waals surface area contributed by atoms with Crippen molar-refractivity contribution >= 4 is 27.5 Å². The summed E-state index contributed by atoms with van der Waals surface area (Å²) in [5.74, 6) is -0.000389. The topological polar surface area (TPSA) is 96.0 Å². The van der Waals surface area contributed by atoms with Crippen molar-refractivity contribution in [3.8, 4) is 5.75 Å². The number of nitrogens with one attached hydrogen (secondary N) is 1. The Morgan fingerprint density at radius 3 is 2.39 bits per heavy atom. The molecule has 38 heavy (non-hydrogen) atoms. The minimum Gasteiger partial charge on any atom is -0.497 e. The van der Waals surface area contributed by atoms with E-state index in [1.54, 1.807) is 13.2 Å². The molecule has 0 saturated heterocycles. The van der Waals surface area contributed by atoms with Crippen LogP contribution in [-0.2, 0) is 26.2 Å². The zero-order valence-corrected chi connectivity index (χ0v) is 24.0. The van der Waals surface area contributed by atoms with Crippen molar-refractivity contribution < 1.29 is 22.7 Å². The highest BCUT2D eigenvalue weighted by Crippen LogP contribution is 2.25. The molecule has 0 heterocycles. The number of aryl methyl sites for hydroxylation is 2. The molecule has 1 aliphatic carbocycles. The molecule has 2 aromatic rings. The van der Waals surface area contributed by atoms with Crippen LogP contribution < -0.4 is 14.4 Å². The normalized spacial score (nSPS) is 15.0. The third-order valence-corrected chi connectivity index (χ3v) is 8.25. The van der Waals surface area contributed by atoms with Crippen LogP contribution in [0.2, 0.25) is 0 Å². The van der Waals surface area contributed by atoms with E-state index in [1.807, 2.05) is 57.2 Å². The number of rotatable bonds is 11. The van der Waals surface area contributed by atoms with Gasteiger partial charge < -0.3 is 15.0 Å². The van der Waals surface area contributed by atoms with Gasteiger partial charge in [-0.1, -0.05) is 56.0 Å². The van der Waals surface area contributed by atoms with Crippen LogP contribution in [0.1, 0.15) is 62.1 Å². The average molecular weight is 544 g/mol. The van der Waals surface area contributed by atoms with Crippen LogP contribution in [-0.4, -0.2) is 57.1 Å².